The summed E-state index contributed by atoms with van der Waals surface area (Å²) in [6, 6.07) is -0.495. The zero-order valence-electron chi connectivity index (χ0n) is 11.9. The Balaban J connectivity index is 0. The highest BCUT2D eigenvalue weighted by Crippen LogP contribution is 2.07. The van der Waals surface area contributed by atoms with E-state index in [9.17, 15) is 9.59 Å². The molecule has 0 heterocycles. The van der Waals surface area contributed by atoms with Gasteiger partial charge in [-0.3, -0.25) is 4.79 Å². The van der Waals surface area contributed by atoms with Crippen LogP contribution >= 0.6 is 0 Å². The van der Waals surface area contributed by atoms with Gasteiger partial charge in [-0.15, -0.1) is 0 Å². The molecule has 0 aromatic carbocycles. The first-order valence-corrected chi connectivity index (χ1v) is 6.44. The van der Waals surface area contributed by atoms with Crippen LogP contribution in [0.25, 0.3) is 0 Å². The molecule has 1 unspecified atom stereocenters. The van der Waals surface area contributed by atoms with Crippen LogP contribution in [0.4, 0.5) is 0 Å². The van der Waals surface area contributed by atoms with Gasteiger partial charge < -0.3 is 15.8 Å². The lowest BCUT2D eigenvalue weighted by Gasteiger charge is -2.12. The molecule has 0 aliphatic carbocycles. The summed E-state index contributed by atoms with van der Waals surface area (Å²) in [5, 5.41) is 2.56. The lowest BCUT2D eigenvalue weighted by Crippen LogP contribution is -2.39. The van der Waals surface area contributed by atoms with Gasteiger partial charge in [0.15, 0.2) is 0 Å². The van der Waals surface area contributed by atoms with E-state index in [-0.39, 0.29) is 12.5 Å². The number of hydrogen-bond acceptors (Lipinski definition) is 3. The summed E-state index contributed by atoms with van der Waals surface area (Å²) in [5.41, 5.74) is 6.21. The number of nitrogens with one attached hydrogen (secondary N) is 1. The number of aldehydes is 1. The maximum absolute atomic E-state index is 11.0. The minimum Gasteiger partial charge on any atom is -0.345 e. The van der Waals surface area contributed by atoms with Crippen molar-refractivity contribution in [3.05, 3.63) is 23.8 Å². The molecule has 1 atom stereocenters. The Labute approximate surface area is 110 Å². The normalized spacial score (nSPS) is 12.6. The molecule has 0 aliphatic heterocycles. The minimum atomic E-state index is -0.495. The van der Waals surface area contributed by atoms with Crippen molar-refractivity contribution < 1.29 is 9.59 Å². The molecule has 0 spiro atoms. The number of rotatable bonds is 7. The zero-order chi connectivity index (χ0) is 14.4. The highest BCUT2D eigenvalue weighted by molar-refractivity contribution is 5.81. The molecule has 0 fully saturated rings. The van der Waals surface area contributed by atoms with Crippen LogP contribution in [-0.2, 0) is 9.59 Å². The summed E-state index contributed by atoms with van der Waals surface area (Å²) in [4.78, 5) is 21.8. The average molecular weight is 254 g/mol. The van der Waals surface area contributed by atoms with Crippen LogP contribution in [-0.4, -0.2) is 24.8 Å². The first-order chi connectivity index (χ1) is 8.67. The van der Waals surface area contributed by atoms with Gasteiger partial charge in [0.05, 0.1) is 12.6 Å². The van der Waals surface area contributed by atoms with Crippen molar-refractivity contribution in [3.8, 4) is 0 Å². The molecule has 0 rings (SSSR count). The molecule has 0 saturated carbocycles. The van der Waals surface area contributed by atoms with Crippen LogP contribution in [0.2, 0.25) is 0 Å². The summed E-state index contributed by atoms with van der Waals surface area (Å²) in [7, 11) is 0. The van der Waals surface area contributed by atoms with E-state index in [1.54, 1.807) is 0 Å². The first kappa shape index (κ1) is 18.9. The lowest BCUT2D eigenvalue weighted by atomic mass is 10.1. The highest BCUT2D eigenvalue weighted by Gasteiger charge is 2.10. The Kier molecular flexibility index (Phi) is 14.4. The minimum absolute atomic E-state index is 0.0964. The third kappa shape index (κ3) is 9.78. The molecule has 104 valence electrons. The van der Waals surface area contributed by atoms with Gasteiger partial charge in [0.1, 0.15) is 6.29 Å². The Morgan fingerprint density at radius 1 is 1.39 bits per heavy atom. The van der Waals surface area contributed by atoms with Crippen molar-refractivity contribution in [2.75, 3.05) is 6.54 Å². The summed E-state index contributed by atoms with van der Waals surface area (Å²) >= 11 is 0. The molecular weight excluding hydrogens is 228 g/mol. The number of amides is 1. The van der Waals surface area contributed by atoms with Crippen molar-refractivity contribution in [3.63, 3.8) is 0 Å². The van der Waals surface area contributed by atoms with Gasteiger partial charge in [-0.1, -0.05) is 39.0 Å². The Hall–Kier alpha value is -1.42. The van der Waals surface area contributed by atoms with Gasteiger partial charge in [0.2, 0.25) is 5.91 Å². The molecule has 0 aliphatic rings. The van der Waals surface area contributed by atoms with E-state index in [0.29, 0.717) is 6.42 Å². The fraction of sp³-hybridized carbons (Fsp3) is 0.571. The van der Waals surface area contributed by atoms with Crippen molar-refractivity contribution in [1.82, 2.24) is 5.32 Å². The molecule has 4 nitrogen and oxygen atoms in total. The fourth-order valence-corrected chi connectivity index (χ4v) is 1.35. The quantitative estimate of drug-likeness (QED) is 0.539. The van der Waals surface area contributed by atoms with Crippen LogP contribution in [0.3, 0.4) is 0 Å². The molecule has 18 heavy (non-hydrogen) atoms. The second-order valence-corrected chi connectivity index (χ2v) is 3.41. The lowest BCUT2D eigenvalue weighted by molar-refractivity contribution is -0.122. The number of carbonyl (C=O) groups is 2. The number of hydrogen-bond donors (Lipinski definition) is 2. The van der Waals surface area contributed by atoms with E-state index in [1.807, 2.05) is 45.9 Å². The average Bonchev–Trinajstić information content (AvgIpc) is 2.40. The maximum atomic E-state index is 11.0. The molecule has 0 saturated heterocycles. The smallest absolute Gasteiger partial charge is 0.234 e. The molecule has 4 heteroatoms. The highest BCUT2D eigenvalue weighted by atomic mass is 16.2. The standard InChI is InChI=1S/C12H20N2O2.C2H6/c1-3-5-10(6-4-2)7-11(9-15)14-12(16)8-13;1-2/h3,5-6,9,11H,4,7-8,13H2,1-2H3,(H,14,16);1-2H3/b5-3-,10-6+;. The topological polar surface area (TPSA) is 72.2 Å². The first-order valence-electron chi connectivity index (χ1n) is 6.44. The zero-order valence-corrected chi connectivity index (χ0v) is 11.9. The van der Waals surface area contributed by atoms with Crippen molar-refractivity contribution in [2.24, 2.45) is 5.73 Å². The van der Waals surface area contributed by atoms with Crippen molar-refractivity contribution >= 4 is 12.2 Å². The third-order valence-corrected chi connectivity index (χ3v) is 2.00. The number of allylic oxidation sites excluding steroid dienone is 3. The number of nitrogens with two attached hydrogens (primary N) is 1. The number of carbonyl (C=O) groups excluding carboxylic acids is 2. The van der Waals surface area contributed by atoms with Crippen LogP contribution in [0.15, 0.2) is 23.8 Å². The van der Waals surface area contributed by atoms with Crippen LogP contribution in [0.1, 0.15) is 40.5 Å². The second kappa shape index (κ2) is 13.6. The van der Waals surface area contributed by atoms with Gasteiger partial charge in [-0.2, -0.15) is 0 Å². The van der Waals surface area contributed by atoms with Crippen LogP contribution in [0.5, 0.6) is 0 Å². The molecule has 0 bridgehead atoms. The predicted molar refractivity (Wildman–Crippen MR) is 76.2 cm³/mol. The fourth-order valence-electron chi connectivity index (χ4n) is 1.35. The summed E-state index contributed by atoms with van der Waals surface area (Å²) < 4.78 is 0. The van der Waals surface area contributed by atoms with E-state index < -0.39 is 6.04 Å². The third-order valence-electron chi connectivity index (χ3n) is 2.00. The molecule has 0 aromatic heterocycles. The molecule has 3 N–H and O–H groups in total. The largest absolute Gasteiger partial charge is 0.345 e. The summed E-state index contributed by atoms with van der Waals surface area (Å²) in [6.45, 7) is 7.84. The molecular formula is C14H26N2O2. The monoisotopic (exact) mass is 254 g/mol. The second-order valence-electron chi connectivity index (χ2n) is 3.41. The maximum Gasteiger partial charge on any atom is 0.234 e. The van der Waals surface area contributed by atoms with Crippen molar-refractivity contribution in [2.45, 2.75) is 46.6 Å². The van der Waals surface area contributed by atoms with E-state index in [4.69, 9.17) is 5.73 Å². The van der Waals surface area contributed by atoms with Crippen LogP contribution < -0.4 is 11.1 Å². The van der Waals surface area contributed by atoms with Gasteiger partial charge in [0.25, 0.3) is 0 Å². The molecule has 0 aromatic rings. The molecule has 0 radical (unpaired) electrons. The molecule has 1 amide bonds. The van der Waals surface area contributed by atoms with Gasteiger partial charge >= 0.3 is 0 Å². The van der Waals surface area contributed by atoms with E-state index in [1.165, 1.54) is 0 Å². The van der Waals surface area contributed by atoms with Gasteiger partial charge in [0, 0.05) is 0 Å². The van der Waals surface area contributed by atoms with Crippen LogP contribution in [0, 0.1) is 0 Å². The Morgan fingerprint density at radius 2 is 2.00 bits per heavy atom. The van der Waals surface area contributed by atoms with E-state index >= 15 is 0 Å². The summed E-state index contributed by atoms with van der Waals surface area (Å²) in [6.07, 6.45) is 8.03. The van der Waals surface area contributed by atoms with E-state index in [2.05, 4.69) is 5.32 Å². The Morgan fingerprint density at radius 3 is 2.39 bits per heavy atom. The van der Waals surface area contributed by atoms with Crippen molar-refractivity contribution in [1.29, 1.82) is 0 Å². The van der Waals surface area contributed by atoms with E-state index in [0.717, 1.165) is 18.3 Å². The summed E-state index contributed by atoms with van der Waals surface area (Å²) in [5.74, 6) is -0.312. The Bertz CT molecular complexity index is 284. The predicted octanol–water partition coefficient (Wildman–Crippen LogP) is 1.96. The van der Waals surface area contributed by atoms with Gasteiger partial charge in [-0.05, 0) is 25.3 Å². The SMILES string of the molecule is C/C=C\C(=C/CC)CC(C=O)NC(=O)CN.CC. The van der Waals surface area contributed by atoms with Gasteiger partial charge in [-0.25, -0.2) is 0 Å².